The minimum atomic E-state index is -0.249. The number of rotatable bonds is 6. The molecule has 0 saturated heterocycles. The fourth-order valence-corrected chi connectivity index (χ4v) is 5.29. The molecule has 2 atom stereocenters. The Bertz CT molecular complexity index is 1210. The smallest absolute Gasteiger partial charge is 0.253 e. The molecular formula is C26H25N3O4S. The molecule has 0 spiro atoms. The topological polar surface area (TPSA) is 88.0 Å². The lowest BCUT2D eigenvalue weighted by molar-refractivity contribution is -0.131. The number of carbonyl (C=O) groups is 2. The van der Waals surface area contributed by atoms with Crippen molar-refractivity contribution in [2.24, 2.45) is 11.0 Å². The average molecular weight is 476 g/mol. The third kappa shape index (κ3) is 4.72. The molecule has 1 aliphatic carbocycles. The van der Waals surface area contributed by atoms with Gasteiger partial charge in [0.15, 0.2) is 0 Å². The zero-order valence-electron chi connectivity index (χ0n) is 18.8. The molecule has 174 valence electrons. The van der Waals surface area contributed by atoms with Crippen molar-refractivity contribution in [1.82, 2.24) is 5.01 Å². The number of benzene rings is 1. The van der Waals surface area contributed by atoms with Crippen LogP contribution in [0.1, 0.15) is 43.7 Å². The van der Waals surface area contributed by atoms with Crippen molar-refractivity contribution in [2.75, 3.05) is 11.1 Å². The first kappa shape index (κ1) is 22.3. The van der Waals surface area contributed by atoms with E-state index in [2.05, 4.69) is 5.32 Å². The SMILES string of the molecule is CC(=O)Nc1ccc(SCC(=O)N2N=C3/C(=C\c4ccco4)CCC[C@@H]3[C@H]2c2ccco2)cc1. The Hall–Kier alpha value is -3.52. The number of allylic oxidation sites excluding steroid dienone is 1. The van der Waals surface area contributed by atoms with Gasteiger partial charge in [-0.15, -0.1) is 11.8 Å². The predicted molar refractivity (Wildman–Crippen MR) is 131 cm³/mol. The number of hydrazone groups is 1. The van der Waals surface area contributed by atoms with Gasteiger partial charge in [-0.1, -0.05) is 0 Å². The molecule has 2 aromatic heterocycles. The van der Waals surface area contributed by atoms with Gasteiger partial charge in [-0.05, 0) is 79.4 Å². The molecule has 1 N–H and O–H groups in total. The highest BCUT2D eigenvalue weighted by Gasteiger charge is 2.45. The van der Waals surface area contributed by atoms with Crippen molar-refractivity contribution in [3.05, 3.63) is 78.2 Å². The largest absolute Gasteiger partial charge is 0.467 e. The van der Waals surface area contributed by atoms with Crippen molar-refractivity contribution in [2.45, 2.75) is 37.1 Å². The van der Waals surface area contributed by atoms with Gasteiger partial charge in [-0.3, -0.25) is 9.59 Å². The molecule has 1 aromatic carbocycles. The van der Waals surface area contributed by atoms with E-state index < -0.39 is 0 Å². The highest BCUT2D eigenvalue weighted by molar-refractivity contribution is 8.00. The van der Waals surface area contributed by atoms with E-state index in [1.54, 1.807) is 17.5 Å². The van der Waals surface area contributed by atoms with E-state index in [-0.39, 0.29) is 29.5 Å². The molecule has 0 bridgehead atoms. The van der Waals surface area contributed by atoms with Gasteiger partial charge in [0.05, 0.1) is 24.0 Å². The minimum absolute atomic E-state index is 0.0726. The normalized spacial score (nSPS) is 20.8. The third-order valence-corrected chi connectivity index (χ3v) is 6.99. The Labute approximate surface area is 201 Å². The number of nitrogens with zero attached hydrogens (tertiary/aromatic N) is 2. The van der Waals surface area contributed by atoms with Crippen LogP contribution in [-0.4, -0.2) is 28.3 Å². The minimum Gasteiger partial charge on any atom is -0.467 e. The monoisotopic (exact) mass is 475 g/mol. The molecule has 3 heterocycles. The van der Waals surface area contributed by atoms with E-state index in [9.17, 15) is 9.59 Å². The van der Waals surface area contributed by atoms with Crippen LogP contribution in [0.4, 0.5) is 5.69 Å². The zero-order chi connectivity index (χ0) is 23.5. The molecular weight excluding hydrogens is 450 g/mol. The van der Waals surface area contributed by atoms with Crippen molar-refractivity contribution < 1.29 is 18.4 Å². The maximum atomic E-state index is 13.4. The molecule has 1 aliphatic heterocycles. The standard InChI is InChI=1S/C26H25N3O4S/c1-17(30)27-19-9-11-21(12-10-19)34-16-24(31)29-26(23-8-4-14-33-23)22-7-2-5-18(25(22)28-29)15-20-6-3-13-32-20/h3-4,6,8-15,22,26H,2,5,7,16H2,1H3,(H,27,30)/b18-15-/t22-,26-/m0/s1. The maximum Gasteiger partial charge on any atom is 0.253 e. The van der Waals surface area contributed by atoms with Gasteiger partial charge in [0.1, 0.15) is 17.6 Å². The van der Waals surface area contributed by atoms with Gasteiger partial charge in [0, 0.05) is 23.4 Å². The summed E-state index contributed by atoms with van der Waals surface area (Å²) in [6, 6.07) is 14.8. The second kappa shape index (κ2) is 9.77. The number of hydrogen-bond donors (Lipinski definition) is 1. The van der Waals surface area contributed by atoms with E-state index in [0.717, 1.165) is 52.7 Å². The fourth-order valence-electron chi connectivity index (χ4n) is 4.54. The number of hydrogen-bond acceptors (Lipinski definition) is 6. The van der Waals surface area contributed by atoms with Gasteiger partial charge in [-0.25, -0.2) is 5.01 Å². The molecule has 7 nitrogen and oxygen atoms in total. The molecule has 34 heavy (non-hydrogen) atoms. The number of furan rings is 2. The van der Waals surface area contributed by atoms with Crippen molar-refractivity contribution >= 4 is 41.1 Å². The molecule has 1 saturated carbocycles. The lowest BCUT2D eigenvalue weighted by Gasteiger charge is -2.27. The number of thioether (sulfide) groups is 1. The molecule has 8 heteroatoms. The highest BCUT2D eigenvalue weighted by atomic mass is 32.2. The van der Waals surface area contributed by atoms with Crippen LogP contribution in [0.3, 0.4) is 0 Å². The number of anilines is 1. The second-order valence-electron chi connectivity index (χ2n) is 8.36. The van der Waals surface area contributed by atoms with Crippen LogP contribution in [0.15, 0.2) is 85.5 Å². The van der Waals surface area contributed by atoms with Crippen molar-refractivity contribution in [3.63, 3.8) is 0 Å². The summed E-state index contributed by atoms with van der Waals surface area (Å²) in [5.74, 6) is 1.69. The van der Waals surface area contributed by atoms with E-state index in [0.29, 0.717) is 0 Å². The van der Waals surface area contributed by atoms with Crippen LogP contribution >= 0.6 is 11.8 Å². The summed E-state index contributed by atoms with van der Waals surface area (Å²) in [4.78, 5) is 25.5. The van der Waals surface area contributed by atoms with E-state index >= 15 is 0 Å². The predicted octanol–water partition coefficient (Wildman–Crippen LogP) is 5.75. The lowest BCUT2D eigenvalue weighted by Crippen LogP contribution is -2.32. The second-order valence-corrected chi connectivity index (χ2v) is 9.41. The molecule has 2 amide bonds. The maximum absolute atomic E-state index is 13.4. The summed E-state index contributed by atoms with van der Waals surface area (Å²) in [6.45, 7) is 1.47. The fraction of sp³-hybridized carbons (Fsp3) is 0.269. The van der Waals surface area contributed by atoms with Gasteiger partial charge in [0.2, 0.25) is 5.91 Å². The summed E-state index contributed by atoms with van der Waals surface area (Å²) in [6.07, 6.45) is 8.20. The first-order chi connectivity index (χ1) is 16.6. The van der Waals surface area contributed by atoms with Crippen LogP contribution in [0.2, 0.25) is 0 Å². The Morgan fingerprint density at radius 1 is 1.15 bits per heavy atom. The third-order valence-electron chi connectivity index (χ3n) is 5.99. The number of fused-ring (bicyclic) bond motifs is 1. The van der Waals surface area contributed by atoms with Crippen LogP contribution in [0.5, 0.6) is 0 Å². The summed E-state index contributed by atoms with van der Waals surface area (Å²) in [5.41, 5.74) is 2.79. The summed E-state index contributed by atoms with van der Waals surface area (Å²) in [5, 5.41) is 9.20. The average Bonchev–Trinajstić information content (AvgIpc) is 3.59. The lowest BCUT2D eigenvalue weighted by atomic mass is 9.79. The molecule has 0 radical (unpaired) electrons. The Morgan fingerprint density at radius 3 is 2.65 bits per heavy atom. The van der Waals surface area contributed by atoms with Crippen LogP contribution in [0.25, 0.3) is 6.08 Å². The first-order valence-corrected chi connectivity index (χ1v) is 12.3. The first-order valence-electron chi connectivity index (χ1n) is 11.3. The Morgan fingerprint density at radius 2 is 1.94 bits per heavy atom. The number of amides is 2. The zero-order valence-corrected chi connectivity index (χ0v) is 19.6. The van der Waals surface area contributed by atoms with E-state index in [1.165, 1.54) is 18.7 Å². The molecule has 1 fully saturated rings. The van der Waals surface area contributed by atoms with Gasteiger partial charge in [-0.2, -0.15) is 5.10 Å². The molecule has 2 aliphatic rings. The van der Waals surface area contributed by atoms with Crippen LogP contribution in [-0.2, 0) is 9.59 Å². The molecule has 3 aromatic rings. The Kier molecular flexibility index (Phi) is 6.40. The van der Waals surface area contributed by atoms with Gasteiger partial charge < -0.3 is 14.2 Å². The van der Waals surface area contributed by atoms with Gasteiger partial charge >= 0.3 is 0 Å². The molecule has 5 rings (SSSR count). The van der Waals surface area contributed by atoms with Gasteiger partial charge in [0.25, 0.3) is 5.91 Å². The van der Waals surface area contributed by atoms with E-state index in [4.69, 9.17) is 13.9 Å². The number of carbonyl (C=O) groups excluding carboxylic acids is 2. The van der Waals surface area contributed by atoms with Crippen LogP contribution < -0.4 is 5.32 Å². The quantitative estimate of drug-likeness (QED) is 0.459. The highest BCUT2D eigenvalue weighted by Crippen LogP contribution is 2.44. The summed E-state index contributed by atoms with van der Waals surface area (Å²) in [7, 11) is 0. The van der Waals surface area contributed by atoms with E-state index in [1.807, 2.05) is 54.6 Å². The van der Waals surface area contributed by atoms with Crippen molar-refractivity contribution in [3.8, 4) is 0 Å². The summed E-state index contributed by atoms with van der Waals surface area (Å²) >= 11 is 1.45. The summed E-state index contributed by atoms with van der Waals surface area (Å²) < 4.78 is 11.3. The van der Waals surface area contributed by atoms with Crippen LogP contribution in [0, 0.1) is 5.92 Å². The van der Waals surface area contributed by atoms with Crippen molar-refractivity contribution in [1.29, 1.82) is 0 Å². The molecule has 0 unspecified atom stereocenters. The number of nitrogens with one attached hydrogen (secondary N) is 1. The Balaban J connectivity index is 1.36.